The molecule has 0 aliphatic rings. The van der Waals surface area contributed by atoms with Crippen LogP contribution in [-0.4, -0.2) is 17.6 Å². The van der Waals surface area contributed by atoms with E-state index in [1.165, 1.54) is 0 Å². The van der Waals surface area contributed by atoms with Crippen molar-refractivity contribution in [1.29, 1.82) is 0 Å². The Hall–Kier alpha value is -2.10. The van der Waals surface area contributed by atoms with Gasteiger partial charge >= 0.3 is 5.97 Å². The molecule has 1 aromatic carbocycles. The van der Waals surface area contributed by atoms with Crippen LogP contribution in [0.3, 0.4) is 0 Å². The number of aromatic nitrogens is 1. The van der Waals surface area contributed by atoms with Gasteiger partial charge < -0.3 is 9.15 Å². The van der Waals surface area contributed by atoms with Crippen molar-refractivity contribution in [1.82, 2.24) is 4.98 Å². The van der Waals surface area contributed by atoms with Gasteiger partial charge in [-0.15, -0.1) is 0 Å². The fourth-order valence-electron chi connectivity index (χ4n) is 1.75. The molecule has 0 saturated carbocycles. The van der Waals surface area contributed by atoms with E-state index >= 15 is 0 Å². The largest absolute Gasteiger partial charge is 0.461 e. The minimum atomic E-state index is -0.453. The average Bonchev–Trinajstić information content (AvgIpc) is 2.72. The highest BCUT2D eigenvalue weighted by Crippen LogP contribution is 2.26. The zero-order valence-corrected chi connectivity index (χ0v) is 10.7. The fraction of sp³-hybridized carbons (Fsp3) is 0.286. The van der Waals surface area contributed by atoms with E-state index in [1.54, 1.807) is 13.8 Å². The van der Waals surface area contributed by atoms with Crippen molar-refractivity contribution in [3.63, 3.8) is 0 Å². The third-order valence-electron chi connectivity index (χ3n) is 2.48. The minimum Gasteiger partial charge on any atom is -0.461 e. The van der Waals surface area contributed by atoms with E-state index in [2.05, 4.69) is 4.98 Å². The van der Waals surface area contributed by atoms with Crippen LogP contribution in [0.1, 0.15) is 28.9 Å². The van der Waals surface area contributed by atoms with Crippen molar-refractivity contribution in [2.75, 3.05) is 6.61 Å². The number of hydrogen-bond acceptors (Lipinski definition) is 4. The maximum absolute atomic E-state index is 11.8. The predicted molar refractivity (Wildman–Crippen MR) is 67.4 cm³/mol. The van der Waals surface area contributed by atoms with E-state index in [0.29, 0.717) is 18.3 Å². The predicted octanol–water partition coefficient (Wildman–Crippen LogP) is 3.14. The molecule has 2 rings (SSSR count). The third kappa shape index (κ3) is 2.42. The van der Waals surface area contributed by atoms with Gasteiger partial charge in [-0.1, -0.05) is 23.8 Å². The van der Waals surface area contributed by atoms with Crippen molar-refractivity contribution in [2.24, 2.45) is 0 Å². The molecule has 94 valence electrons. The summed E-state index contributed by atoms with van der Waals surface area (Å²) >= 11 is 0. The Kier molecular flexibility index (Phi) is 3.46. The molecular weight excluding hydrogens is 230 g/mol. The Bertz CT molecular complexity index is 572. The first-order valence-corrected chi connectivity index (χ1v) is 5.83. The Morgan fingerprint density at radius 3 is 2.83 bits per heavy atom. The number of esters is 1. The van der Waals surface area contributed by atoms with Crippen LogP contribution >= 0.6 is 0 Å². The highest BCUT2D eigenvalue weighted by molar-refractivity contribution is 5.93. The molecule has 0 saturated heterocycles. The first-order chi connectivity index (χ1) is 8.61. The van der Waals surface area contributed by atoms with Gasteiger partial charge in [0, 0.05) is 12.5 Å². The van der Waals surface area contributed by atoms with Gasteiger partial charge in [-0.05, 0) is 19.9 Å². The first-order valence-electron chi connectivity index (χ1n) is 5.83. The fourth-order valence-corrected chi connectivity index (χ4v) is 1.75. The average molecular weight is 245 g/mol. The van der Waals surface area contributed by atoms with Crippen LogP contribution in [0.5, 0.6) is 0 Å². The number of ether oxygens (including phenoxy) is 1. The topological polar surface area (TPSA) is 52.3 Å². The Morgan fingerprint density at radius 1 is 1.39 bits per heavy atom. The standard InChI is InChI=1S/C14H15NO3/c1-4-17-14(16)12-13(18-10(3)15-12)11-7-5-6-9(2)8-11/h5-8H,4H2,1-3H3. The zero-order valence-electron chi connectivity index (χ0n) is 10.7. The molecule has 0 unspecified atom stereocenters. The molecule has 1 aromatic heterocycles. The molecule has 0 radical (unpaired) electrons. The second-order valence-corrected chi connectivity index (χ2v) is 4.00. The summed E-state index contributed by atoms with van der Waals surface area (Å²) in [6.07, 6.45) is 0. The smallest absolute Gasteiger partial charge is 0.360 e. The van der Waals surface area contributed by atoms with Gasteiger partial charge in [-0.25, -0.2) is 9.78 Å². The lowest BCUT2D eigenvalue weighted by atomic mass is 10.1. The quantitative estimate of drug-likeness (QED) is 0.779. The summed E-state index contributed by atoms with van der Waals surface area (Å²) < 4.78 is 10.5. The monoisotopic (exact) mass is 245 g/mol. The van der Waals surface area contributed by atoms with Crippen LogP contribution in [0.4, 0.5) is 0 Å². The lowest BCUT2D eigenvalue weighted by molar-refractivity contribution is 0.0520. The summed E-state index contributed by atoms with van der Waals surface area (Å²) in [6, 6.07) is 7.73. The SMILES string of the molecule is CCOC(=O)c1nc(C)oc1-c1cccc(C)c1. The number of oxazole rings is 1. The van der Waals surface area contributed by atoms with Crippen LogP contribution in [0.2, 0.25) is 0 Å². The highest BCUT2D eigenvalue weighted by Gasteiger charge is 2.21. The Labute approximate surface area is 106 Å². The normalized spacial score (nSPS) is 10.4. The lowest BCUT2D eigenvalue weighted by Gasteiger charge is -2.02. The van der Waals surface area contributed by atoms with Gasteiger partial charge in [-0.3, -0.25) is 0 Å². The van der Waals surface area contributed by atoms with E-state index in [1.807, 2.05) is 31.2 Å². The van der Waals surface area contributed by atoms with Crippen molar-refractivity contribution < 1.29 is 13.9 Å². The summed E-state index contributed by atoms with van der Waals surface area (Å²) in [5.74, 6) is 0.468. The molecule has 0 aliphatic carbocycles. The van der Waals surface area contributed by atoms with Gasteiger partial charge in [0.05, 0.1) is 6.61 Å². The molecule has 18 heavy (non-hydrogen) atoms. The number of nitrogens with zero attached hydrogens (tertiary/aromatic N) is 1. The molecule has 0 amide bonds. The molecule has 1 heterocycles. The maximum Gasteiger partial charge on any atom is 0.360 e. The van der Waals surface area contributed by atoms with Gasteiger partial charge in [0.1, 0.15) is 0 Å². The van der Waals surface area contributed by atoms with Crippen molar-refractivity contribution in [3.05, 3.63) is 41.4 Å². The molecule has 0 aliphatic heterocycles. The van der Waals surface area contributed by atoms with E-state index in [0.717, 1.165) is 11.1 Å². The van der Waals surface area contributed by atoms with Crippen LogP contribution < -0.4 is 0 Å². The number of carbonyl (C=O) groups excluding carboxylic acids is 1. The van der Waals surface area contributed by atoms with Crippen LogP contribution in [0.15, 0.2) is 28.7 Å². The number of carbonyl (C=O) groups is 1. The summed E-state index contributed by atoms with van der Waals surface area (Å²) in [4.78, 5) is 15.9. The molecular formula is C14H15NO3. The van der Waals surface area contributed by atoms with Crippen LogP contribution in [0, 0.1) is 13.8 Å². The lowest BCUT2D eigenvalue weighted by Crippen LogP contribution is -2.06. The Balaban J connectivity index is 2.47. The van der Waals surface area contributed by atoms with E-state index < -0.39 is 5.97 Å². The molecule has 0 spiro atoms. The molecule has 0 fully saturated rings. The van der Waals surface area contributed by atoms with Gasteiger partial charge in [-0.2, -0.15) is 0 Å². The summed E-state index contributed by atoms with van der Waals surface area (Å²) in [5, 5.41) is 0. The third-order valence-corrected chi connectivity index (χ3v) is 2.48. The molecule has 4 nitrogen and oxygen atoms in total. The zero-order chi connectivity index (χ0) is 13.1. The summed E-state index contributed by atoms with van der Waals surface area (Å²) in [5.41, 5.74) is 2.16. The number of benzene rings is 1. The second-order valence-electron chi connectivity index (χ2n) is 4.00. The van der Waals surface area contributed by atoms with E-state index in [4.69, 9.17) is 9.15 Å². The molecule has 0 atom stereocenters. The summed E-state index contributed by atoms with van der Waals surface area (Å²) in [7, 11) is 0. The molecule has 2 aromatic rings. The van der Waals surface area contributed by atoms with Gasteiger partial charge in [0.25, 0.3) is 0 Å². The van der Waals surface area contributed by atoms with Gasteiger partial charge in [0.2, 0.25) is 0 Å². The maximum atomic E-state index is 11.8. The Morgan fingerprint density at radius 2 is 2.17 bits per heavy atom. The number of rotatable bonds is 3. The van der Waals surface area contributed by atoms with Crippen molar-refractivity contribution in [3.8, 4) is 11.3 Å². The molecule has 0 N–H and O–H groups in total. The second kappa shape index (κ2) is 5.04. The van der Waals surface area contributed by atoms with Gasteiger partial charge in [0.15, 0.2) is 17.3 Å². The first kappa shape index (κ1) is 12.4. The molecule has 0 bridgehead atoms. The molecule has 4 heteroatoms. The highest BCUT2D eigenvalue weighted by atomic mass is 16.5. The van der Waals surface area contributed by atoms with Crippen molar-refractivity contribution in [2.45, 2.75) is 20.8 Å². The van der Waals surface area contributed by atoms with E-state index in [-0.39, 0.29) is 5.69 Å². The van der Waals surface area contributed by atoms with Crippen molar-refractivity contribution >= 4 is 5.97 Å². The van der Waals surface area contributed by atoms with Crippen LogP contribution in [0.25, 0.3) is 11.3 Å². The van der Waals surface area contributed by atoms with Crippen LogP contribution in [-0.2, 0) is 4.74 Å². The minimum absolute atomic E-state index is 0.236. The van der Waals surface area contributed by atoms with E-state index in [9.17, 15) is 4.79 Å². The summed E-state index contributed by atoms with van der Waals surface area (Å²) in [6.45, 7) is 5.77. The number of aryl methyl sites for hydroxylation is 2. The number of hydrogen-bond donors (Lipinski definition) is 0.